The van der Waals surface area contributed by atoms with Crippen LogP contribution in [-0.2, 0) is 19.1 Å². The largest absolute Gasteiger partial charge is 0.453 e. The van der Waals surface area contributed by atoms with Crippen molar-refractivity contribution in [2.75, 3.05) is 14.2 Å². The van der Waals surface area contributed by atoms with Crippen LogP contribution in [0.15, 0.2) is 60.9 Å². The number of fused-ring (bicyclic) bond motifs is 4. The molecule has 4 aliphatic rings. The maximum atomic E-state index is 13.5. The van der Waals surface area contributed by atoms with Gasteiger partial charge in [0, 0.05) is 12.1 Å². The summed E-state index contributed by atoms with van der Waals surface area (Å²) in [5.41, 5.74) is 5.87. The minimum Gasteiger partial charge on any atom is -0.453 e. The van der Waals surface area contributed by atoms with Crippen molar-refractivity contribution in [3.63, 3.8) is 0 Å². The number of H-pyrrole nitrogens is 2. The van der Waals surface area contributed by atoms with Gasteiger partial charge in [0.2, 0.25) is 11.8 Å². The third kappa shape index (κ3) is 6.36. The molecule has 0 radical (unpaired) electrons. The normalized spacial score (nSPS) is 25.0. The van der Waals surface area contributed by atoms with E-state index >= 15 is 0 Å². The molecule has 4 heterocycles. The molecule has 2 aromatic heterocycles. The molecule has 14 heteroatoms. The zero-order chi connectivity index (χ0) is 37.7. The van der Waals surface area contributed by atoms with Gasteiger partial charge in [0.1, 0.15) is 23.7 Å². The number of rotatable bonds is 9. The second-order valence-corrected chi connectivity index (χ2v) is 15.1. The lowest BCUT2D eigenvalue weighted by atomic mass is 9.97. The van der Waals surface area contributed by atoms with Crippen molar-refractivity contribution >= 4 is 24.0 Å². The minimum absolute atomic E-state index is 0.126. The Labute approximate surface area is 313 Å². The summed E-state index contributed by atoms with van der Waals surface area (Å²) in [5, 5.41) is 5.23. The Morgan fingerprint density at radius 3 is 1.37 bits per heavy atom. The Balaban J connectivity index is 0.941. The van der Waals surface area contributed by atoms with E-state index in [1.807, 2.05) is 22.2 Å². The molecule has 2 aliphatic heterocycles. The van der Waals surface area contributed by atoms with Crippen LogP contribution in [0.3, 0.4) is 0 Å². The van der Waals surface area contributed by atoms with Crippen molar-refractivity contribution in [2.24, 2.45) is 11.8 Å². The van der Waals surface area contributed by atoms with Gasteiger partial charge in [-0.15, -0.1) is 0 Å². The molecule has 0 unspecified atom stereocenters. The van der Waals surface area contributed by atoms with Crippen LogP contribution < -0.4 is 10.6 Å². The van der Waals surface area contributed by atoms with Crippen molar-refractivity contribution in [3.8, 4) is 33.6 Å². The number of aromatic nitrogens is 4. The number of methoxy groups -OCH3 is 2. The molecule has 4 bridgehead atoms. The molecular formula is C40H46N8O6. The van der Waals surface area contributed by atoms with Crippen LogP contribution in [0.4, 0.5) is 9.59 Å². The van der Waals surface area contributed by atoms with E-state index in [1.54, 1.807) is 13.8 Å². The number of nitrogens with one attached hydrogen (secondary N) is 4. The Morgan fingerprint density at radius 1 is 0.630 bits per heavy atom. The van der Waals surface area contributed by atoms with E-state index in [0.29, 0.717) is 11.8 Å². The van der Waals surface area contributed by atoms with Gasteiger partial charge < -0.3 is 39.9 Å². The first-order chi connectivity index (χ1) is 26.1. The fraction of sp³-hybridized carbons (Fsp3) is 0.450. The first-order valence-corrected chi connectivity index (χ1v) is 18.8. The van der Waals surface area contributed by atoms with Gasteiger partial charge in [-0.25, -0.2) is 19.6 Å². The highest BCUT2D eigenvalue weighted by molar-refractivity contribution is 5.87. The van der Waals surface area contributed by atoms with E-state index in [1.165, 1.54) is 14.2 Å². The molecule has 14 nitrogen and oxygen atoms in total. The number of hydrogen-bond donors (Lipinski definition) is 4. The van der Waals surface area contributed by atoms with Crippen molar-refractivity contribution in [2.45, 2.75) is 88.6 Å². The summed E-state index contributed by atoms with van der Waals surface area (Å²) in [6.45, 7) is 3.38. The number of ether oxygens (including phenoxy) is 2. The Hall–Kier alpha value is -5.66. The molecule has 8 atom stereocenters. The smallest absolute Gasteiger partial charge is 0.407 e. The molecule has 4 amide bonds. The molecule has 4 aromatic rings. The molecule has 282 valence electrons. The molecule has 2 aromatic carbocycles. The maximum absolute atomic E-state index is 13.5. The lowest BCUT2D eigenvalue weighted by molar-refractivity contribution is -0.138. The van der Waals surface area contributed by atoms with Crippen LogP contribution in [-0.4, -0.2) is 92.1 Å². The van der Waals surface area contributed by atoms with Gasteiger partial charge in [0.05, 0.1) is 50.1 Å². The predicted octanol–water partition coefficient (Wildman–Crippen LogP) is 5.73. The summed E-state index contributed by atoms with van der Waals surface area (Å²) in [6, 6.07) is 15.2. The predicted molar refractivity (Wildman–Crippen MR) is 198 cm³/mol. The van der Waals surface area contributed by atoms with Gasteiger partial charge in [-0.2, -0.15) is 0 Å². The van der Waals surface area contributed by atoms with Crippen molar-refractivity contribution in [1.29, 1.82) is 0 Å². The van der Waals surface area contributed by atoms with E-state index < -0.39 is 24.3 Å². The monoisotopic (exact) mass is 734 g/mol. The second-order valence-electron chi connectivity index (χ2n) is 15.1. The number of benzene rings is 2. The number of amides is 4. The highest BCUT2D eigenvalue weighted by Crippen LogP contribution is 2.51. The van der Waals surface area contributed by atoms with Gasteiger partial charge in [-0.3, -0.25) is 9.59 Å². The minimum atomic E-state index is -0.699. The lowest BCUT2D eigenvalue weighted by Crippen LogP contribution is -2.50. The van der Waals surface area contributed by atoms with Crippen LogP contribution in [0.5, 0.6) is 0 Å². The molecule has 2 saturated heterocycles. The van der Waals surface area contributed by atoms with Crippen molar-refractivity contribution < 1.29 is 28.7 Å². The van der Waals surface area contributed by atoms with E-state index in [-0.39, 0.29) is 36.0 Å². The molecular weight excluding hydrogens is 688 g/mol. The Bertz CT molecular complexity index is 1900. The van der Waals surface area contributed by atoms with E-state index in [0.717, 1.165) is 83.8 Å². The van der Waals surface area contributed by atoms with E-state index in [9.17, 15) is 19.2 Å². The zero-order valence-electron chi connectivity index (χ0n) is 30.9. The molecule has 54 heavy (non-hydrogen) atoms. The highest BCUT2D eigenvalue weighted by atomic mass is 16.5. The Kier molecular flexibility index (Phi) is 9.36. The number of alkyl carbamates (subject to hydrolysis) is 2. The third-order valence-electron chi connectivity index (χ3n) is 11.9. The average Bonchev–Trinajstić information content (AvgIpc) is 4.06. The summed E-state index contributed by atoms with van der Waals surface area (Å²) >= 11 is 0. The first kappa shape index (κ1) is 35.4. The highest BCUT2D eigenvalue weighted by Gasteiger charge is 2.52. The SMILES string of the molecule is COC(=O)N[C@@H](C)C(=O)N1[C@@H]2CC[C@H](C2)[C@H]1c1ncc(-c2ccc(-c3ccc(-c4cnc([C@@H]5[C@@H]6CC[C@H](C6)N5C(=O)[C@H](C)NC(=O)OC)[nH]4)cc3)cc2)[nH]1. The number of hydrogen-bond acceptors (Lipinski definition) is 8. The topological polar surface area (TPSA) is 175 Å². The van der Waals surface area contributed by atoms with Gasteiger partial charge in [-0.1, -0.05) is 48.5 Å². The van der Waals surface area contributed by atoms with Gasteiger partial charge >= 0.3 is 12.2 Å². The fourth-order valence-electron chi connectivity index (χ4n) is 9.31. The Morgan fingerprint density at radius 2 is 1.00 bits per heavy atom. The molecule has 2 aliphatic carbocycles. The summed E-state index contributed by atoms with van der Waals surface area (Å²) in [7, 11) is 2.57. The number of piperidine rings is 2. The number of carbonyl (C=O) groups excluding carboxylic acids is 4. The van der Waals surface area contributed by atoms with Crippen molar-refractivity contribution in [3.05, 3.63) is 72.6 Å². The first-order valence-electron chi connectivity index (χ1n) is 18.8. The number of carbonyl (C=O) groups is 4. The van der Waals surface area contributed by atoms with Crippen LogP contribution in [0.2, 0.25) is 0 Å². The molecule has 4 N–H and O–H groups in total. The third-order valence-corrected chi connectivity index (χ3v) is 11.9. The fourth-order valence-corrected chi connectivity index (χ4v) is 9.31. The van der Waals surface area contributed by atoms with Gasteiger partial charge in [-0.05, 0) is 86.5 Å². The quantitative estimate of drug-likeness (QED) is 0.169. The number of aromatic amines is 2. The van der Waals surface area contributed by atoms with Crippen LogP contribution in [0.1, 0.15) is 76.1 Å². The number of nitrogens with zero attached hydrogens (tertiary/aromatic N) is 4. The van der Waals surface area contributed by atoms with Crippen LogP contribution in [0.25, 0.3) is 33.6 Å². The lowest BCUT2D eigenvalue weighted by Gasteiger charge is -2.36. The van der Waals surface area contributed by atoms with E-state index in [2.05, 4.69) is 69.1 Å². The summed E-state index contributed by atoms with van der Waals surface area (Å²) in [6.07, 6.45) is 8.27. The molecule has 8 rings (SSSR count). The molecule has 2 saturated carbocycles. The number of likely N-dealkylation sites (tertiary alicyclic amines) is 2. The zero-order valence-corrected chi connectivity index (χ0v) is 30.9. The van der Waals surface area contributed by atoms with Gasteiger partial charge in [0.15, 0.2) is 0 Å². The summed E-state index contributed by atoms with van der Waals surface area (Å²) in [5.74, 6) is 1.93. The maximum Gasteiger partial charge on any atom is 0.407 e. The molecule has 0 spiro atoms. The number of imidazole rings is 2. The van der Waals surface area contributed by atoms with E-state index in [4.69, 9.17) is 19.4 Å². The summed E-state index contributed by atoms with van der Waals surface area (Å²) in [4.78, 5) is 70.8. The van der Waals surface area contributed by atoms with Crippen LogP contribution >= 0.6 is 0 Å². The molecule has 4 fully saturated rings. The summed E-state index contributed by atoms with van der Waals surface area (Å²) < 4.78 is 9.41. The average molecular weight is 735 g/mol. The van der Waals surface area contributed by atoms with Crippen molar-refractivity contribution in [1.82, 2.24) is 40.4 Å². The van der Waals surface area contributed by atoms with Crippen LogP contribution in [0, 0.1) is 11.8 Å². The van der Waals surface area contributed by atoms with Gasteiger partial charge in [0.25, 0.3) is 0 Å². The second kappa shape index (κ2) is 14.3. The standard InChI is InChI=1S/C40H46N8O6/c1-21(43-39(51)53-3)37(49)47-29-15-13-27(17-29)33(47)35-41-19-31(45-35)25-9-5-23(6-10-25)24-7-11-26(12-8-24)32-20-42-36(46-32)34-28-14-16-30(18-28)48(34)38(50)22(2)44-40(52)54-4/h5-12,19-22,27-30,33-34H,13-18H2,1-4H3,(H,41,45)(H,42,46)(H,43,51)(H,44,52)/t21-,22-,27+,28+,29+,30+,33-,34-/m0/s1.